The molecule has 0 radical (unpaired) electrons. The summed E-state index contributed by atoms with van der Waals surface area (Å²) < 4.78 is 26.9. The molecular weight excluding hydrogens is 282 g/mol. The Kier molecular flexibility index (Phi) is 5.82. The monoisotopic (exact) mass is 309 g/mol. The van der Waals surface area contributed by atoms with E-state index in [1.165, 1.54) is 11.1 Å². The van der Waals surface area contributed by atoms with Crippen molar-refractivity contribution < 1.29 is 8.42 Å². The number of unbranched alkanes of at least 4 members (excludes halogenated alkanes) is 1. The lowest BCUT2D eigenvalue weighted by molar-refractivity contribution is 0.303. The SMILES string of the molecule is CCCCN(C1CCCCc2ccccc21)S(=O)(=O)CC. The second-order valence-electron chi connectivity index (χ2n) is 5.83. The Hall–Kier alpha value is -0.870. The van der Waals surface area contributed by atoms with Crippen molar-refractivity contribution >= 4 is 10.0 Å². The lowest BCUT2D eigenvalue weighted by Gasteiger charge is -2.31. The third-order valence-corrected chi connectivity index (χ3v) is 6.27. The van der Waals surface area contributed by atoms with Crippen molar-refractivity contribution in [3.8, 4) is 0 Å². The van der Waals surface area contributed by atoms with Gasteiger partial charge in [-0.2, -0.15) is 4.31 Å². The first-order chi connectivity index (χ1) is 10.1. The average molecular weight is 309 g/mol. The Balaban J connectivity index is 2.39. The van der Waals surface area contributed by atoms with Crippen molar-refractivity contribution in [1.29, 1.82) is 0 Å². The Morgan fingerprint density at radius 1 is 1.19 bits per heavy atom. The maximum absolute atomic E-state index is 12.6. The summed E-state index contributed by atoms with van der Waals surface area (Å²) >= 11 is 0. The third-order valence-electron chi connectivity index (χ3n) is 4.39. The molecule has 0 bridgehead atoms. The number of rotatable bonds is 6. The number of fused-ring (bicyclic) bond motifs is 1. The van der Waals surface area contributed by atoms with Gasteiger partial charge < -0.3 is 0 Å². The first kappa shape index (κ1) is 16.5. The highest BCUT2D eigenvalue weighted by molar-refractivity contribution is 7.89. The molecular formula is C17H27NO2S. The summed E-state index contributed by atoms with van der Waals surface area (Å²) in [5, 5.41) is 0. The van der Waals surface area contributed by atoms with Crippen LogP contribution in [0.4, 0.5) is 0 Å². The summed E-state index contributed by atoms with van der Waals surface area (Å²) in [6.45, 7) is 4.50. The van der Waals surface area contributed by atoms with Crippen LogP contribution >= 0.6 is 0 Å². The van der Waals surface area contributed by atoms with Crippen molar-refractivity contribution in [3.63, 3.8) is 0 Å². The lowest BCUT2D eigenvalue weighted by Crippen LogP contribution is -2.37. The number of hydrogen-bond donors (Lipinski definition) is 0. The van der Waals surface area contributed by atoms with Gasteiger partial charge in [0.05, 0.1) is 5.75 Å². The second kappa shape index (κ2) is 7.41. The topological polar surface area (TPSA) is 37.4 Å². The highest BCUT2D eigenvalue weighted by Crippen LogP contribution is 2.35. The van der Waals surface area contributed by atoms with E-state index in [9.17, 15) is 8.42 Å². The summed E-state index contributed by atoms with van der Waals surface area (Å²) in [6, 6.07) is 8.40. The van der Waals surface area contributed by atoms with Gasteiger partial charge in [0, 0.05) is 12.6 Å². The minimum Gasteiger partial charge on any atom is -0.212 e. The zero-order valence-electron chi connectivity index (χ0n) is 13.2. The van der Waals surface area contributed by atoms with Crippen LogP contribution < -0.4 is 0 Å². The molecule has 21 heavy (non-hydrogen) atoms. The minimum absolute atomic E-state index is 0.0280. The van der Waals surface area contributed by atoms with Gasteiger partial charge in [-0.25, -0.2) is 8.42 Å². The predicted octanol–water partition coefficient (Wildman–Crippen LogP) is 3.91. The maximum atomic E-state index is 12.6. The van der Waals surface area contributed by atoms with E-state index in [1.54, 1.807) is 11.2 Å². The Morgan fingerprint density at radius 2 is 1.95 bits per heavy atom. The van der Waals surface area contributed by atoms with Crippen LogP contribution in [0.5, 0.6) is 0 Å². The van der Waals surface area contributed by atoms with E-state index in [0.717, 1.165) is 38.5 Å². The predicted molar refractivity (Wildman–Crippen MR) is 87.8 cm³/mol. The van der Waals surface area contributed by atoms with Crippen LogP contribution in [0.15, 0.2) is 24.3 Å². The number of benzene rings is 1. The average Bonchev–Trinajstić information content (AvgIpc) is 2.70. The third kappa shape index (κ3) is 3.86. The Labute approximate surface area is 129 Å². The summed E-state index contributed by atoms with van der Waals surface area (Å²) in [7, 11) is -3.16. The standard InChI is InChI=1S/C17H27NO2S/c1-3-5-14-18(21(19,20)4-2)17-13-9-7-11-15-10-6-8-12-16(15)17/h6,8,10,12,17H,3-5,7,9,11,13-14H2,1-2H3. The molecule has 3 nitrogen and oxygen atoms in total. The summed E-state index contributed by atoms with van der Waals surface area (Å²) in [6.07, 6.45) is 6.21. The molecule has 2 rings (SSSR count). The second-order valence-corrected chi connectivity index (χ2v) is 8.04. The summed E-state index contributed by atoms with van der Waals surface area (Å²) in [5.41, 5.74) is 2.55. The van der Waals surface area contributed by atoms with Crippen molar-refractivity contribution in [3.05, 3.63) is 35.4 Å². The number of nitrogens with zero attached hydrogens (tertiary/aromatic N) is 1. The fourth-order valence-electron chi connectivity index (χ4n) is 3.16. The van der Waals surface area contributed by atoms with E-state index in [4.69, 9.17) is 0 Å². The molecule has 4 heteroatoms. The van der Waals surface area contributed by atoms with Gasteiger partial charge in [0.2, 0.25) is 10.0 Å². The molecule has 0 fully saturated rings. The normalized spacial score (nSPS) is 19.3. The molecule has 0 N–H and O–H groups in total. The smallest absolute Gasteiger partial charge is 0.212 e. The van der Waals surface area contributed by atoms with E-state index < -0.39 is 10.0 Å². The summed E-state index contributed by atoms with van der Waals surface area (Å²) in [5.74, 6) is 0.190. The van der Waals surface area contributed by atoms with Gasteiger partial charge in [0.1, 0.15) is 0 Å². The van der Waals surface area contributed by atoms with Crippen LogP contribution in [0.2, 0.25) is 0 Å². The van der Waals surface area contributed by atoms with Gasteiger partial charge >= 0.3 is 0 Å². The number of sulfonamides is 1. The van der Waals surface area contributed by atoms with Crippen LogP contribution in [0.3, 0.4) is 0 Å². The Bertz CT molecular complexity index is 554. The number of hydrogen-bond acceptors (Lipinski definition) is 2. The molecule has 1 aromatic rings. The molecule has 1 aromatic carbocycles. The van der Waals surface area contributed by atoms with Gasteiger partial charge in [-0.15, -0.1) is 0 Å². The molecule has 1 atom stereocenters. The fraction of sp³-hybridized carbons (Fsp3) is 0.647. The molecule has 0 saturated heterocycles. The van der Waals surface area contributed by atoms with Crippen LogP contribution in [0, 0.1) is 0 Å². The molecule has 118 valence electrons. The van der Waals surface area contributed by atoms with E-state index in [-0.39, 0.29) is 11.8 Å². The largest absolute Gasteiger partial charge is 0.214 e. The van der Waals surface area contributed by atoms with Gasteiger partial charge in [0.25, 0.3) is 0 Å². The van der Waals surface area contributed by atoms with Gasteiger partial charge in [-0.05, 0) is 43.7 Å². The Morgan fingerprint density at radius 3 is 2.67 bits per heavy atom. The fourth-order valence-corrected chi connectivity index (χ4v) is 4.51. The first-order valence-corrected chi connectivity index (χ1v) is 9.78. The van der Waals surface area contributed by atoms with Gasteiger partial charge in [-0.1, -0.05) is 44.0 Å². The first-order valence-electron chi connectivity index (χ1n) is 8.17. The zero-order chi connectivity index (χ0) is 15.3. The van der Waals surface area contributed by atoms with E-state index in [0.29, 0.717) is 6.54 Å². The molecule has 1 unspecified atom stereocenters. The van der Waals surface area contributed by atoms with Crippen molar-refractivity contribution in [2.45, 2.75) is 58.4 Å². The maximum Gasteiger partial charge on any atom is 0.214 e. The molecule has 1 aliphatic rings. The highest BCUT2D eigenvalue weighted by Gasteiger charge is 2.31. The van der Waals surface area contributed by atoms with E-state index >= 15 is 0 Å². The minimum atomic E-state index is -3.16. The number of aryl methyl sites for hydroxylation is 1. The van der Waals surface area contributed by atoms with Crippen molar-refractivity contribution in [1.82, 2.24) is 4.31 Å². The summed E-state index contributed by atoms with van der Waals surface area (Å²) in [4.78, 5) is 0. The van der Waals surface area contributed by atoms with Crippen LogP contribution in [0.1, 0.15) is 63.1 Å². The van der Waals surface area contributed by atoms with Crippen LogP contribution in [-0.2, 0) is 16.4 Å². The molecule has 0 aliphatic heterocycles. The van der Waals surface area contributed by atoms with Gasteiger partial charge in [-0.3, -0.25) is 0 Å². The molecule has 0 aromatic heterocycles. The molecule has 0 saturated carbocycles. The quantitative estimate of drug-likeness (QED) is 0.747. The van der Waals surface area contributed by atoms with Gasteiger partial charge in [0.15, 0.2) is 0 Å². The van der Waals surface area contributed by atoms with Crippen LogP contribution in [0.25, 0.3) is 0 Å². The zero-order valence-corrected chi connectivity index (χ0v) is 14.0. The highest BCUT2D eigenvalue weighted by atomic mass is 32.2. The van der Waals surface area contributed by atoms with E-state index in [2.05, 4.69) is 25.1 Å². The molecule has 0 amide bonds. The van der Waals surface area contributed by atoms with Crippen LogP contribution in [-0.4, -0.2) is 25.0 Å². The van der Waals surface area contributed by atoms with Crippen molar-refractivity contribution in [2.24, 2.45) is 0 Å². The van der Waals surface area contributed by atoms with Crippen molar-refractivity contribution in [2.75, 3.05) is 12.3 Å². The lowest BCUT2D eigenvalue weighted by atomic mass is 9.99. The molecule has 0 heterocycles. The molecule has 1 aliphatic carbocycles. The molecule has 0 spiro atoms. The van der Waals surface area contributed by atoms with E-state index in [1.807, 2.05) is 6.07 Å².